The van der Waals surface area contributed by atoms with Crippen LogP contribution in [0.25, 0.3) is 0 Å². The second-order valence-corrected chi connectivity index (χ2v) is 13.5. The van der Waals surface area contributed by atoms with Crippen LogP contribution in [0.4, 0.5) is 4.79 Å². The van der Waals surface area contributed by atoms with Crippen LogP contribution in [0.2, 0.25) is 0 Å². The number of amides is 2. The van der Waals surface area contributed by atoms with Crippen molar-refractivity contribution in [2.75, 3.05) is 19.3 Å². The van der Waals surface area contributed by atoms with Gasteiger partial charge in [0, 0.05) is 6.54 Å². The number of hydrogen-bond acceptors (Lipinski definition) is 7. The van der Waals surface area contributed by atoms with Gasteiger partial charge in [0.05, 0.1) is 6.61 Å². The molecule has 3 atom stereocenters. The summed E-state index contributed by atoms with van der Waals surface area (Å²) in [6.45, 7) is 7.50. The van der Waals surface area contributed by atoms with Crippen LogP contribution in [0.5, 0.6) is 0 Å². The molecule has 2 amide bonds. The van der Waals surface area contributed by atoms with Crippen molar-refractivity contribution in [2.24, 2.45) is 0 Å². The number of hydrogen-bond donors (Lipinski definition) is 1. The first-order valence-corrected chi connectivity index (χ1v) is 15.7. The molecule has 40 heavy (non-hydrogen) atoms. The van der Waals surface area contributed by atoms with Crippen molar-refractivity contribution in [3.8, 4) is 0 Å². The standard InChI is InChI=1S/C30H41N2O7P/c1-5-38-40(36,22-27(33)32-20-12-17-25(32)28(34)39-30(2,3)4)26(19-18-23-13-8-6-9-14-23)31-29(35)37-21-24-15-10-7-11-16-24/h6-11,13-16,25-26H,5,12,17-22H2,1-4H3,(H,31,35)/t25-,26?,40?/m0/s1. The molecule has 2 unspecified atom stereocenters. The third-order valence-electron chi connectivity index (χ3n) is 6.48. The first-order chi connectivity index (χ1) is 19.0. The van der Waals surface area contributed by atoms with Gasteiger partial charge in [0.15, 0.2) is 0 Å². The molecule has 1 aliphatic rings. The molecule has 1 fully saturated rings. The lowest BCUT2D eigenvalue weighted by Gasteiger charge is -2.31. The Kier molecular flexibility index (Phi) is 11.3. The summed E-state index contributed by atoms with van der Waals surface area (Å²) < 4.78 is 31.1. The molecule has 0 aromatic heterocycles. The second kappa shape index (κ2) is 14.5. The van der Waals surface area contributed by atoms with Crippen molar-refractivity contribution in [2.45, 2.75) is 77.4 Å². The van der Waals surface area contributed by atoms with E-state index in [1.165, 1.54) is 4.90 Å². The SMILES string of the molecule is CCOP(=O)(CC(=O)N1CCC[C@H]1C(=O)OC(C)(C)C)C(CCc1ccccc1)NC(=O)OCc1ccccc1. The van der Waals surface area contributed by atoms with E-state index in [4.69, 9.17) is 14.0 Å². The average molecular weight is 573 g/mol. The number of ether oxygens (including phenoxy) is 2. The Morgan fingerprint density at radius 3 is 2.25 bits per heavy atom. The molecular weight excluding hydrogens is 531 g/mol. The van der Waals surface area contributed by atoms with Crippen molar-refractivity contribution in [3.63, 3.8) is 0 Å². The molecule has 2 aromatic rings. The minimum atomic E-state index is -3.78. The lowest BCUT2D eigenvalue weighted by molar-refractivity contribution is -0.162. The smallest absolute Gasteiger partial charge is 0.408 e. The van der Waals surface area contributed by atoms with Gasteiger partial charge in [-0.1, -0.05) is 60.7 Å². The van der Waals surface area contributed by atoms with Crippen LogP contribution in [0.15, 0.2) is 60.7 Å². The van der Waals surface area contributed by atoms with E-state index in [9.17, 15) is 18.9 Å². The Balaban J connectivity index is 1.77. The first kappa shape index (κ1) is 31.4. The van der Waals surface area contributed by atoms with Crippen molar-refractivity contribution in [1.29, 1.82) is 0 Å². The third kappa shape index (κ3) is 9.49. The molecule has 0 aliphatic carbocycles. The van der Waals surface area contributed by atoms with E-state index in [-0.39, 0.29) is 19.6 Å². The van der Waals surface area contributed by atoms with Crippen molar-refractivity contribution in [1.82, 2.24) is 10.2 Å². The zero-order valence-electron chi connectivity index (χ0n) is 23.8. The predicted octanol–water partition coefficient (Wildman–Crippen LogP) is 5.52. The molecular formula is C30H41N2O7P. The van der Waals surface area contributed by atoms with E-state index in [2.05, 4.69) is 5.32 Å². The van der Waals surface area contributed by atoms with E-state index in [1.54, 1.807) is 27.7 Å². The number of rotatable bonds is 12. The van der Waals surface area contributed by atoms with Crippen LogP contribution in [0.1, 0.15) is 58.1 Å². The fourth-order valence-corrected chi connectivity index (χ4v) is 6.95. The van der Waals surface area contributed by atoms with Crippen LogP contribution < -0.4 is 5.32 Å². The Bertz CT molecular complexity index is 1170. The number of aryl methyl sites for hydroxylation is 1. The average Bonchev–Trinajstić information content (AvgIpc) is 3.41. The molecule has 3 rings (SSSR count). The monoisotopic (exact) mass is 572 g/mol. The zero-order valence-corrected chi connectivity index (χ0v) is 24.7. The molecule has 0 radical (unpaired) electrons. The van der Waals surface area contributed by atoms with Crippen molar-refractivity contribution in [3.05, 3.63) is 71.8 Å². The zero-order chi connectivity index (χ0) is 29.2. The van der Waals surface area contributed by atoms with E-state index in [0.29, 0.717) is 25.8 Å². The molecule has 1 heterocycles. The number of nitrogens with one attached hydrogen (secondary N) is 1. The van der Waals surface area contributed by atoms with Gasteiger partial charge in [0.2, 0.25) is 13.3 Å². The van der Waals surface area contributed by atoms with E-state index in [0.717, 1.165) is 11.1 Å². The number of carbonyl (C=O) groups is 3. The maximum Gasteiger partial charge on any atom is 0.408 e. The molecule has 2 aromatic carbocycles. The minimum absolute atomic E-state index is 0.0429. The summed E-state index contributed by atoms with van der Waals surface area (Å²) in [5, 5.41) is 2.73. The predicted molar refractivity (Wildman–Crippen MR) is 153 cm³/mol. The van der Waals surface area contributed by atoms with Gasteiger partial charge in [-0.2, -0.15) is 0 Å². The topological polar surface area (TPSA) is 111 Å². The quantitative estimate of drug-likeness (QED) is 0.263. The van der Waals surface area contributed by atoms with Crippen LogP contribution in [0, 0.1) is 0 Å². The van der Waals surface area contributed by atoms with Gasteiger partial charge < -0.3 is 24.2 Å². The fourth-order valence-electron chi connectivity index (χ4n) is 4.64. The van der Waals surface area contributed by atoms with Crippen LogP contribution >= 0.6 is 7.37 Å². The molecule has 0 bridgehead atoms. The lowest BCUT2D eigenvalue weighted by Crippen LogP contribution is -2.45. The molecule has 1 aliphatic heterocycles. The Morgan fingerprint density at radius 2 is 1.65 bits per heavy atom. The Labute approximate surface area is 237 Å². The largest absolute Gasteiger partial charge is 0.458 e. The number of benzene rings is 2. The van der Waals surface area contributed by atoms with E-state index >= 15 is 0 Å². The van der Waals surface area contributed by atoms with Crippen molar-refractivity contribution >= 4 is 25.3 Å². The molecule has 0 saturated carbocycles. The highest BCUT2D eigenvalue weighted by atomic mass is 31.2. The van der Waals surface area contributed by atoms with Gasteiger partial charge in [-0.25, -0.2) is 9.59 Å². The number of esters is 1. The molecule has 0 spiro atoms. The maximum absolute atomic E-state index is 14.4. The summed E-state index contributed by atoms with van der Waals surface area (Å²) in [5.74, 6) is -1.91. The van der Waals surface area contributed by atoms with Gasteiger partial charge in [0.1, 0.15) is 30.2 Å². The third-order valence-corrected chi connectivity index (χ3v) is 9.22. The summed E-state index contributed by atoms with van der Waals surface area (Å²) in [4.78, 5) is 40.6. The summed E-state index contributed by atoms with van der Waals surface area (Å²) >= 11 is 0. The van der Waals surface area contributed by atoms with Gasteiger partial charge in [0.25, 0.3) is 0 Å². The lowest BCUT2D eigenvalue weighted by atomic mass is 10.1. The number of alkyl carbamates (subject to hydrolysis) is 1. The normalized spacial score (nSPS) is 17.5. The highest BCUT2D eigenvalue weighted by Crippen LogP contribution is 2.52. The molecule has 218 valence electrons. The fraction of sp³-hybridized carbons (Fsp3) is 0.500. The number of likely N-dealkylation sites (tertiary alicyclic amines) is 1. The van der Waals surface area contributed by atoms with Gasteiger partial charge in [-0.15, -0.1) is 0 Å². The van der Waals surface area contributed by atoms with Gasteiger partial charge in [-0.05, 0) is 64.5 Å². The van der Waals surface area contributed by atoms with Crippen LogP contribution in [-0.4, -0.2) is 59.6 Å². The minimum Gasteiger partial charge on any atom is -0.458 e. The van der Waals surface area contributed by atoms with Crippen LogP contribution in [-0.2, 0) is 41.2 Å². The summed E-state index contributed by atoms with van der Waals surface area (Å²) in [6, 6.07) is 18.1. The highest BCUT2D eigenvalue weighted by molar-refractivity contribution is 7.60. The van der Waals surface area contributed by atoms with E-state index < -0.39 is 48.9 Å². The van der Waals surface area contributed by atoms with Crippen molar-refractivity contribution < 1.29 is 32.9 Å². The summed E-state index contributed by atoms with van der Waals surface area (Å²) in [6.07, 6.45) is 0.683. The highest BCUT2D eigenvalue weighted by Gasteiger charge is 2.43. The van der Waals surface area contributed by atoms with Crippen LogP contribution in [0.3, 0.4) is 0 Å². The summed E-state index contributed by atoms with van der Waals surface area (Å²) in [7, 11) is -3.78. The second-order valence-electron chi connectivity index (χ2n) is 10.8. The van der Waals surface area contributed by atoms with Gasteiger partial charge >= 0.3 is 12.1 Å². The van der Waals surface area contributed by atoms with Gasteiger partial charge in [-0.3, -0.25) is 9.36 Å². The molecule has 1 N–H and O–H groups in total. The molecule has 1 saturated heterocycles. The first-order valence-electron chi connectivity index (χ1n) is 13.8. The molecule has 10 heteroatoms. The van der Waals surface area contributed by atoms with E-state index in [1.807, 2.05) is 60.7 Å². The number of nitrogens with zero attached hydrogens (tertiary/aromatic N) is 1. The Morgan fingerprint density at radius 1 is 1.02 bits per heavy atom. The summed E-state index contributed by atoms with van der Waals surface area (Å²) in [5.41, 5.74) is 1.11. The Hall–Kier alpha value is -3.16. The molecule has 9 nitrogen and oxygen atoms in total. The number of carbonyl (C=O) groups excluding carboxylic acids is 3. The maximum atomic E-state index is 14.4.